The SMILES string of the molecule is Cc1ccc(C(NC(=O)CSc2nnnn2-c2ccc(Cl)cc2)c2cccs2)cc1. The zero-order valence-corrected chi connectivity index (χ0v) is 18.4. The largest absolute Gasteiger partial charge is 0.344 e. The number of tetrazole rings is 1. The molecule has 0 saturated heterocycles. The number of carbonyl (C=O) groups is 1. The predicted octanol–water partition coefficient (Wildman–Crippen LogP) is 4.68. The quantitative estimate of drug-likeness (QED) is 0.409. The van der Waals surface area contributed by atoms with E-state index in [0.717, 1.165) is 16.1 Å². The Balaban J connectivity index is 1.46. The second-order valence-corrected chi connectivity index (χ2v) is 8.92. The minimum Gasteiger partial charge on any atom is -0.344 e. The van der Waals surface area contributed by atoms with Gasteiger partial charge in [-0.2, -0.15) is 4.68 Å². The van der Waals surface area contributed by atoms with Crippen molar-refractivity contribution >= 4 is 40.6 Å². The molecule has 4 aromatic rings. The molecule has 6 nitrogen and oxygen atoms in total. The molecule has 1 unspecified atom stereocenters. The van der Waals surface area contributed by atoms with E-state index in [2.05, 4.69) is 33.0 Å². The Hall–Kier alpha value is -2.68. The van der Waals surface area contributed by atoms with Crippen molar-refractivity contribution in [1.82, 2.24) is 25.5 Å². The predicted molar refractivity (Wildman–Crippen MR) is 120 cm³/mol. The van der Waals surface area contributed by atoms with Crippen LogP contribution in [-0.4, -0.2) is 31.9 Å². The minimum atomic E-state index is -0.189. The number of halogens is 1. The summed E-state index contributed by atoms with van der Waals surface area (Å²) < 4.78 is 1.59. The van der Waals surface area contributed by atoms with E-state index in [1.54, 1.807) is 28.2 Å². The van der Waals surface area contributed by atoms with Crippen molar-refractivity contribution in [2.75, 3.05) is 5.75 Å². The highest BCUT2D eigenvalue weighted by Crippen LogP contribution is 2.27. The van der Waals surface area contributed by atoms with Crippen LogP contribution in [0.1, 0.15) is 22.0 Å². The van der Waals surface area contributed by atoms with Crippen LogP contribution in [-0.2, 0) is 4.79 Å². The fraction of sp³-hybridized carbons (Fsp3) is 0.143. The van der Waals surface area contributed by atoms with Crippen LogP contribution >= 0.6 is 34.7 Å². The Kier molecular flexibility index (Phi) is 6.47. The van der Waals surface area contributed by atoms with Crippen LogP contribution in [0.5, 0.6) is 0 Å². The van der Waals surface area contributed by atoms with Crippen molar-refractivity contribution < 1.29 is 4.79 Å². The molecular weight excluding hydrogens is 438 g/mol. The monoisotopic (exact) mass is 455 g/mol. The highest BCUT2D eigenvalue weighted by atomic mass is 35.5. The third kappa shape index (κ3) is 4.89. The maximum atomic E-state index is 12.8. The Labute approximate surface area is 187 Å². The molecule has 2 aromatic heterocycles. The second-order valence-electron chi connectivity index (χ2n) is 6.56. The summed E-state index contributed by atoms with van der Waals surface area (Å²) in [6.07, 6.45) is 0. The molecule has 1 N–H and O–H groups in total. The summed E-state index contributed by atoms with van der Waals surface area (Å²) >= 11 is 8.85. The maximum absolute atomic E-state index is 12.8. The number of nitrogens with one attached hydrogen (secondary N) is 1. The lowest BCUT2D eigenvalue weighted by molar-refractivity contribution is -0.119. The Morgan fingerprint density at radius 1 is 1.17 bits per heavy atom. The van der Waals surface area contributed by atoms with Crippen LogP contribution in [0.2, 0.25) is 5.02 Å². The third-order valence-electron chi connectivity index (χ3n) is 4.39. The van der Waals surface area contributed by atoms with E-state index in [9.17, 15) is 4.79 Å². The number of aryl methyl sites for hydroxylation is 1. The van der Waals surface area contributed by atoms with E-state index in [4.69, 9.17) is 11.6 Å². The topological polar surface area (TPSA) is 72.7 Å². The van der Waals surface area contributed by atoms with Crippen LogP contribution in [0.25, 0.3) is 5.69 Å². The molecule has 0 aliphatic heterocycles. The number of carbonyl (C=O) groups excluding carboxylic acids is 1. The fourth-order valence-electron chi connectivity index (χ4n) is 2.88. The first-order valence-electron chi connectivity index (χ1n) is 9.16. The number of amides is 1. The third-order valence-corrected chi connectivity index (χ3v) is 6.50. The van der Waals surface area contributed by atoms with Gasteiger partial charge >= 0.3 is 0 Å². The fourth-order valence-corrected chi connectivity index (χ4v) is 4.51. The van der Waals surface area contributed by atoms with Gasteiger partial charge in [-0.1, -0.05) is 59.3 Å². The molecular formula is C21H18ClN5OS2. The normalized spacial score (nSPS) is 11.9. The molecule has 152 valence electrons. The van der Waals surface area contributed by atoms with E-state index in [0.29, 0.717) is 10.2 Å². The van der Waals surface area contributed by atoms with Gasteiger partial charge < -0.3 is 5.32 Å². The summed E-state index contributed by atoms with van der Waals surface area (Å²) in [5.41, 5.74) is 3.01. The van der Waals surface area contributed by atoms with Gasteiger partial charge in [-0.15, -0.1) is 16.4 Å². The molecule has 0 fully saturated rings. The van der Waals surface area contributed by atoms with Crippen molar-refractivity contribution in [3.63, 3.8) is 0 Å². The van der Waals surface area contributed by atoms with Gasteiger partial charge in [0.05, 0.1) is 17.5 Å². The summed E-state index contributed by atoms with van der Waals surface area (Å²) in [6.45, 7) is 2.05. The van der Waals surface area contributed by atoms with Crippen LogP contribution in [0.3, 0.4) is 0 Å². The summed E-state index contributed by atoms with van der Waals surface area (Å²) in [5.74, 6) is 0.103. The molecule has 4 rings (SSSR count). The first kappa shape index (κ1) is 20.6. The minimum absolute atomic E-state index is 0.0929. The molecule has 0 aliphatic rings. The van der Waals surface area contributed by atoms with Crippen molar-refractivity contribution in [3.05, 3.63) is 87.1 Å². The second kappa shape index (κ2) is 9.42. The number of nitrogens with zero attached hydrogens (tertiary/aromatic N) is 4. The summed E-state index contributed by atoms with van der Waals surface area (Å²) in [6, 6.07) is 19.2. The van der Waals surface area contributed by atoms with Gasteiger partial charge in [-0.05, 0) is 58.6 Å². The Morgan fingerprint density at radius 2 is 1.93 bits per heavy atom. The highest BCUT2D eigenvalue weighted by Gasteiger charge is 2.19. The Bertz CT molecular complexity index is 1110. The first-order valence-corrected chi connectivity index (χ1v) is 11.4. The number of benzene rings is 2. The van der Waals surface area contributed by atoms with Gasteiger partial charge in [-0.25, -0.2) is 0 Å². The van der Waals surface area contributed by atoms with Gasteiger partial charge in [0.15, 0.2) is 0 Å². The average Bonchev–Trinajstić information content (AvgIpc) is 3.44. The first-order chi connectivity index (χ1) is 14.6. The maximum Gasteiger partial charge on any atom is 0.231 e. The molecule has 0 bridgehead atoms. The lowest BCUT2D eigenvalue weighted by Crippen LogP contribution is -2.30. The van der Waals surface area contributed by atoms with Crippen molar-refractivity contribution in [1.29, 1.82) is 0 Å². The summed E-state index contributed by atoms with van der Waals surface area (Å²) in [7, 11) is 0. The number of rotatable bonds is 7. The van der Waals surface area contributed by atoms with Crippen molar-refractivity contribution in [2.24, 2.45) is 0 Å². The number of aromatic nitrogens is 4. The molecule has 0 radical (unpaired) electrons. The van der Waals surface area contributed by atoms with Gasteiger partial charge in [0.1, 0.15) is 0 Å². The molecule has 2 heterocycles. The van der Waals surface area contributed by atoms with E-state index < -0.39 is 0 Å². The van der Waals surface area contributed by atoms with Gasteiger partial charge in [-0.3, -0.25) is 4.79 Å². The van der Waals surface area contributed by atoms with Crippen molar-refractivity contribution in [3.8, 4) is 5.69 Å². The molecule has 2 aromatic carbocycles. The van der Waals surface area contributed by atoms with Crippen molar-refractivity contribution in [2.45, 2.75) is 18.1 Å². The van der Waals surface area contributed by atoms with Gasteiger partial charge in [0.25, 0.3) is 0 Å². The molecule has 0 saturated carbocycles. The van der Waals surface area contributed by atoms with E-state index in [-0.39, 0.29) is 17.7 Å². The zero-order chi connectivity index (χ0) is 20.9. The average molecular weight is 456 g/mol. The number of hydrogen-bond donors (Lipinski definition) is 1. The Morgan fingerprint density at radius 3 is 2.63 bits per heavy atom. The molecule has 30 heavy (non-hydrogen) atoms. The van der Waals surface area contributed by atoms with Crippen LogP contribution in [0, 0.1) is 6.92 Å². The molecule has 0 aliphatic carbocycles. The number of thiophene rings is 1. The lowest BCUT2D eigenvalue weighted by atomic mass is 10.0. The molecule has 9 heteroatoms. The molecule has 1 atom stereocenters. The standard InChI is InChI=1S/C21H18ClN5OS2/c1-14-4-6-15(7-5-14)20(18-3-2-12-29-18)23-19(28)13-30-21-24-25-26-27(21)17-10-8-16(22)9-11-17/h2-12,20H,13H2,1H3,(H,23,28). The molecule has 1 amide bonds. The highest BCUT2D eigenvalue weighted by molar-refractivity contribution is 7.99. The van der Waals surface area contributed by atoms with Crippen LogP contribution < -0.4 is 5.32 Å². The lowest BCUT2D eigenvalue weighted by Gasteiger charge is -2.18. The van der Waals surface area contributed by atoms with E-state index in [1.807, 2.05) is 48.7 Å². The van der Waals surface area contributed by atoms with E-state index in [1.165, 1.54) is 17.3 Å². The summed E-state index contributed by atoms with van der Waals surface area (Å²) in [4.78, 5) is 13.8. The number of hydrogen-bond acceptors (Lipinski definition) is 6. The molecule has 0 spiro atoms. The van der Waals surface area contributed by atoms with E-state index >= 15 is 0 Å². The smallest absolute Gasteiger partial charge is 0.231 e. The van der Waals surface area contributed by atoms with Gasteiger partial charge in [0.2, 0.25) is 11.1 Å². The summed E-state index contributed by atoms with van der Waals surface area (Å²) in [5, 5.41) is 18.1. The van der Waals surface area contributed by atoms with Crippen LogP contribution in [0.4, 0.5) is 0 Å². The number of thioether (sulfide) groups is 1. The van der Waals surface area contributed by atoms with Crippen LogP contribution in [0.15, 0.2) is 71.2 Å². The zero-order valence-electron chi connectivity index (χ0n) is 16.0. The van der Waals surface area contributed by atoms with Gasteiger partial charge in [0, 0.05) is 9.90 Å².